The van der Waals surface area contributed by atoms with Crippen LogP contribution in [0.5, 0.6) is 0 Å². The van der Waals surface area contributed by atoms with Crippen LogP contribution < -0.4 is 5.73 Å². The van der Waals surface area contributed by atoms with Gasteiger partial charge in [-0.3, -0.25) is 0 Å². The minimum Gasteiger partial charge on any atom is -0.327 e. The highest BCUT2D eigenvalue weighted by Crippen LogP contribution is 2.27. The molecule has 0 saturated carbocycles. The quantitative estimate of drug-likeness (QED) is 0.684. The number of rotatable bonds is 1. The normalized spacial score (nSPS) is 33.2. The Labute approximate surface area is 119 Å². The monoisotopic (exact) mass is 261 g/mol. The van der Waals surface area contributed by atoms with Crippen LogP contribution in [0.25, 0.3) is 0 Å². The Bertz CT molecular complexity index is 314. The summed E-state index contributed by atoms with van der Waals surface area (Å²) in [5.74, 6) is 0. The van der Waals surface area contributed by atoms with Gasteiger partial charge in [-0.2, -0.15) is 0 Å². The summed E-state index contributed by atoms with van der Waals surface area (Å²) in [7, 11) is 0. The van der Waals surface area contributed by atoms with Crippen molar-refractivity contribution < 1.29 is 0 Å². The summed E-state index contributed by atoms with van der Waals surface area (Å²) < 4.78 is 0. The van der Waals surface area contributed by atoms with E-state index in [2.05, 4.69) is 12.2 Å². The molecule has 0 heterocycles. The van der Waals surface area contributed by atoms with E-state index in [9.17, 15) is 0 Å². The molecule has 2 aliphatic rings. The molecule has 0 aromatic heterocycles. The summed E-state index contributed by atoms with van der Waals surface area (Å²) in [5, 5.41) is 0. The van der Waals surface area contributed by atoms with E-state index in [1.54, 1.807) is 11.1 Å². The highest BCUT2D eigenvalue weighted by molar-refractivity contribution is 5.32. The predicted molar refractivity (Wildman–Crippen MR) is 84.2 cm³/mol. The fourth-order valence-electron chi connectivity index (χ4n) is 3.39. The molecular weight excluding hydrogens is 230 g/mol. The maximum Gasteiger partial charge on any atom is 0.00793 e. The van der Waals surface area contributed by atoms with Gasteiger partial charge in [-0.25, -0.2) is 0 Å². The smallest absolute Gasteiger partial charge is 0.00793 e. The van der Waals surface area contributed by atoms with Gasteiger partial charge in [0.05, 0.1) is 0 Å². The van der Waals surface area contributed by atoms with Crippen molar-refractivity contribution in [3.63, 3.8) is 0 Å². The maximum atomic E-state index is 6.30. The Hall–Kier alpha value is -0.560. The highest BCUT2D eigenvalue weighted by Gasteiger charge is 2.12. The number of hydrogen-bond donors (Lipinski definition) is 1. The SMILES string of the molecule is NC1CCCCC/C=C(/C2=C/CCCCCCC2)C1. The van der Waals surface area contributed by atoms with Crippen LogP contribution in [0.2, 0.25) is 0 Å². The van der Waals surface area contributed by atoms with Crippen molar-refractivity contribution in [1.82, 2.24) is 0 Å². The fraction of sp³-hybridized carbons (Fsp3) is 0.778. The van der Waals surface area contributed by atoms with Crippen molar-refractivity contribution in [3.8, 4) is 0 Å². The lowest BCUT2D eigenvalue weighted by Crippen LogP contribution is -2.20. The van der Waals surface area contributed by atoms with E-state index < -0.39 is 0 Å². The van der Waals surface area contributed by atoms with E-state index in [-0.39, 0.29) is 0 Å². The lowest BCUT2D eigenvalue weighted by atomic mass is 9.92. The predicted octanol–water partition coefficient (Wildman–Crippen LogP) is 5.27. The zero-order valence-corrected chi connectivity index (χ0v) is 12.5. The van der Waals surface area contributed by atoms with Gasteiger partial charge in [0.25, 0.3) is 0 Å². The molecule has 0 aromatic carbocycles. The molecule has 0 saturated heterocycles. The van der Waals surface area contributed by atoms with Crippen molar-refractivity contribution >= 4 is 0 Å². The van der Waals surface area contributed by atoms with Gasteiger partial charge in [-0.15, -0.1) is 0 Å². The van der Waals surface area contributed by atoms with E-state index in [1.165, 1.54) is 77.0 Å². The Balaban J connectivity index is 2.05. The van der Waals surface area contributed by atoms with Crippen molar-refractivity contribution in [2.45, 2.75) is 89.5 Å². The summed E-state index contributed by atoms with van der Waals surface area (Å²) in [6.07, 6.45) is 22.2. The molecule has 2 rings (SSSR count). The van der Waals surface area contributed by atoms with Gasteiger partial charge in [-0.1, -0.05) is 44.3 Å². The van der Waals surface area contributed by atoms with Gasteiger partial charge < -0.3 is 5.73 Å². The third kappa shape index (κ3) is 5.52. The first-order chi connectivity index (χ1) is 9.36. The topological polar surface area (TPSA) is 26.0 Å². The Morgan fingerprint density at radius 2 is 1.37 bits per heavy atom. The zero-order valence-electron chi connectivity index (χ0n) is 12.5. The van der Waals surface area contributed by atoms with Crippen molar-refractivity contribution in [3.05, 3.63) is 23.3 Å². The standard InChI is InChI=1S/C18H31N/c19-18-14-10-6-5-9-13-17(15-18)16-11-7-3-1-2-4-8-12-16/h11,13,18H,1-10,12,14-15,19H2/b16-11+,17-13+. The average Bonchev–Trinajstić information content (AvgIpc) is 2.60. The molecule has 0 aliphatic heterocycles. The Morgan fingerprint density at radius 1 is 0.737 bits per heavy atom. The van der Waals surface area contributed by atoms with Crippen LogP contribution in [-0.4, -0.2) is 6.04 Å². The molecule has 1 unspecified atom stereocenters. The van der Waals surface area contributed by atoms with Gasteiger partial charge in [0.15, 0.2) is 0 Å². The second-order valence-corrected chi connectivity index (χ2v) is 6.37. The van der Waals surface area contributed by atoms with Gasteiger partial charge in [0, 0.05) is 6.04 Å². The summed E-state index contributed by atoms with van der Waals surface area (Å²) >= 11 is 0. The minimum atomic E-state index is 0.387. The third-order valence-corrected chi connectivity index (χ3v) is 4.61. The molecule has 0 fully saturated rings. The van der Waals surface area contributed by atoms with E-state index in [4.69, 9.17) is 5.73 Å². The van der Waals surface area contributed by atoms with Crippen molar-refractivity contribution in [2.75, 3.05) is 0 Å². The molecule has 2 N–H and O–H groups in total. The van der Waals surface area contributed by atoms with Crippen LogP contribution in [0.3, 0.4) is 0 Å². The Kier molecular flexibility index (Phi) is 6.70. The van der Waals surface area contributed by atoms with E-state index in [0.717, 1.165) is 6.42 Å². The molecule has 1 atom stereocenters. The first kappa shape index (κ1) is 14.8. The molecule has 1 nitrogen and oxygen atoms in total. The largest absolute Gasteiger partial charge is 0.327 e. The summed E-state index contributed by atoms with van der Waals surface area (Å²) in [5.41, 5.74) is 9.54. The first-order valence-electron chi connectivity index (χ1n) is 8.50. The maximum absolute atomic E-state index is 6.30. The second-order valence-electron chi connectivity index (χ2n) is 6.37. The Morgan fingerprint density at radius 3 is 2.21 bits per heavy atom. The molecular formula is C18H31N. The number of allylic oxidation sites excluding steroid dienone is 3. The van der Waals surface area contributed by atoms with Crippen LogP contribution in [0, 0.1) is 0 Å². The van der Waals surface area contributed by atoms with Crippen molar-refractivity contribution in [2.24, 2.45) is 5.73 Å². The number of nitrogens with two attached hydrogens (primary N) is 1. The van der Waals surface area contributed by atoms with Crippen molar-refractivity contribution in [1.29, 1.82) is 0 Å². The molecule has 2 aliphatic carbocycles. The minimum absolute atomic E-state index is 0.387. The van der Waals surface area contributed by atoms with Gasteiger partial charge in [0.1, 0.15) is 0 Å². The molecule has 0 spiro atoms. The molecule has 0 amide bonds. The summed E-state index contributed by atoms with van der Waals surface area (Å²) in [6, 6.07) is 0.387. The average molecular weight is 261 g/mol. The lowest BCUT2D eigenvalue weighted by molar-refractivity contribution is 0.558. The third-order valence-electron chi connectivity index (χ3n) is 4.61. The van der Waals surface area contributed by atoms with Crippen LogP contribution in [0.1, 0.15) is 83.5 Å². The summed E-state index contributed by atoms with van der Waals surface area (Å²) in [4.78, 5) is 0. The molecule has 0 bridgehead atoms. The van der Waals surface area contributed by atoms with Crippen LogP contribution in [-0.2, 0) is 0 Å². The van der Waals surface area contributed by atoms with Crippen LogP contribution >= 0.6 is 0 Å². The molecule has 0 radical (unpaired) electrons. The molecule has 108 valence electrons. The lowest BCUT2D eigenvalue weighted by Gasteiger charge is -2.16. The molecule has 1 heteroatoms. The second kappa shape index (κ2) is 8.58. The van der Waals surface area contributed by atoms with Crippen LogP contribution in [0.15, 0.2) is 23.3 Å². The van der Waals surface area contributed by atoms with Crippen LogP contribution in [0.4, 0.5) is 0 Å². The number of hydrogen-bond acceptors (Lipinski definition) is 1. The van der Waals surface area contributed by atoms with Gasteiger partial charge >= 0.3 is 0 Å². The van der Waals surface area contributed by atoms with E-state index >= 15 is 0 Å². The van der Waals surface area contributed by atoms with E-state index in [1.807, 2.05) is 0 Å². The molecule has 19 heavy (non-hydrogen) atoms. The molecule has 0 aromatic rings. The zero-order chi connectivity index (χ0) is 13.3. The van der Waals surface area contributed by atoms with Gasteiger partial charge in [0.2, 0.25) is 0 Å². The first-order valence-corrected chi connectivity index (χ1v) is 8.50. The summed E-state index contributed by atoms with van der Waals surface area (Å²) in [6.45, 7) is 0. The highest BCUT2D eigenvalue weighted by atomic mass is 14.6. The van der Waals surface area contributed by atoms with E-state index in [0.29, 0.717) is 6.04 Å². The van der Waals surface area contributed by atoms with Gasteiger partial charge in [-0.05, 0) is 62.5 Å². The fourth-order valence-corrected chi connectivity index (χ4v) is 3.39.